The van der Waals surface area contributed by atoms with Gasteiger partial charge in [-0.05, 0) is 73.8 Å². The number of likely N-dealkylation sites (tertiary alicyclic amines) is 1. The predicted molar refractivity (Wildman–Crippen MR) is 109 cm³/mol. The summed E-state index contributed by atoms with van der Waals surface area (Å²) in [6.45, 7) is 2.16. The molecule has 2 heterocycles. The van der Waals surface area contributed by atoms with Crippen molar-refractivity contribution >= 4 is 10.9 Å². The van der Waals surface area contributed by atoms with Gasteiger partial charge in [-0.1, -0.05) is 12.1 Å². The normalized spacial score (nSPS) is 24.6. The molecule has 1 fully saturated rings. The molecule has 144 valence electrons. The molecule has 1 aliphatic carbocycles. The number of rotatable bonds is 2. The van der Waals surface area contributed by atoms with Crippen molar-refractivity contribution in [2.24, 2.45) is 5.92 Å². The Balaban J connectivity index is 1.65. The summed E-state index contributed by atoms with van der Waals surface area (Å²) >= 11 is 0. The van der Waals surface area contributed by atoms with Gasteiger partial charge in [0.1, 0.15) is 11.6 Å². The van der Waals surface area contributed by atoms with Crippen LogP contribution in [-0.4, -0.2) is 37.1 Å². The fourth-order valence-electron chi connectivity index (χ4n) is 5.26. The van der Waals surface area contributed by atoms with Crippen LogP contribution in [0.5, 0.6) is 5.75 Å². The number of hydrogen-bond acceptors (Lipinski definition) is 3. The summed E-state index contributed by atoms with van der Waals surface area (Å²) in [4.78, 5) is 7.36. The first-order valence-electron chi connectivity index (χ1n) is 9.98. The highest BCUT2D eigenvalue weighted by Gasteiger charge is 2.47. The molecule has 1 aromatic heterocycles. The standard InChI is InChI=1S/C24H25FN2O/c1-27-9-8-24(18-4-3-5-21(12-18)28-2)14-23-17(11-19(24)15-27)10-16-6-7-20(25)13-22(16)26-23/h3-7,10,12-13,19H,8-9,11,14-15H2,1-2H3/t19-,24-/m0/s1. The summed E-state index contributed by atoms with van der Waals surface area (Å²) in [5.74, 6) is 1.21. The highest BCUT2D eigenvalue weighted by Crippen LogP contribution is 2.48. The van der Waals surface area contributed by atoms with E-state index in [2.05, 4.69) is 36.2 Å². The first-order valence-corrected chi connectivity index (χ1v) is 9.98. The summed E-state index contributed by atoms with van der Waals surface area (Å²) in [6, 6.07) is 15.7. The molecular weight excluding hydrogens is 351 g/mol. The van der Waals surface area contributed by atoms with Gasteiger partial charge in [-0.3, -0.25) is 4.98 Å². The van der Waals surface area contributed by atoms with Crippen LogP contribution in [-0.2, 0) is 18.3 Å². The number of halogens is 1. The van der Waals surface area contributed by atoms with Crippen LogP contribution in [0.25, 0.3) is 10.9 Å². The Bertz CT molecular complexity index is 1050. The quantitative estimate of drug-likeness (QED) is 0.664. The van der Waals surface area contributed by atoms with Gasteiger partial charge in [-0.2, -0.15) is 0 Å². The van der Waals surface area contributed by atoms with E-state index in [0.717, 1.165) is 54.7 Å². The Kier molecular flexibility index (Phi) is 4.13. The molecule has 2 aromatic carbocycles. The number of aromatic nitrogens is 1. The molecule has 1 saturated heterocycles. The lowest BCUT2D eigenvalue weighted by Crippen LogP contribution is -2.53. The van der Waals surface area contributed by atoms with Crippen molar-refractivity contribution in [3.05, 3.63) is 71.2 Å². The zero-order chi connectivity index (χ0) is 19.3. The average Bonchev–Trinajstić information content (AvgIpc) is 2.71. The highest BCUT2D eigenvalue weighted by molar-refractivity contribution is 5.79. The van der Waals surface area contributed by atoms with Gasteiger partial charge >= 0.3 is 0 Å². The van der Waals surface area contributed by atoms with Crippen molar-refractivity contribution in [1.82, 2.24) is 9.88 Å². The molecular formula is C24H25FN2O. The molecule has 2 atom stereocenters. The zero-order valence-electron chi connectivity index (χ0n) is 16.4. The van der Waals surface area contributed by atoms with Crippen LogP contribution in [0.2, 0.25) is 0 Å². The smallest absolute Gasteiger partial charge is 0.125 e. The Morgan fingerprint density at radius 1 is 1.18 bits per heavy atom. The third-order valence-corrected chi connectivity index (χ3v) is 6.80. The first kappa shape index (κ1) is 17.6. The summed E-state index contributed by atoms with van der Waals surface area (Å²) in [7, 11) is 3.94. The van der Waals surface area contributed by atoms with E-state index in [1.165, 1.54) is 17.2 Å². The van der Waals surface area contributed by atoms with Crippen LogP contribution < -0.4 is 4.74 Å². The SMILES string of the molecule is COc1cccc([C@@]23CCN(C)C[C@@H]2Cc2cc4ccc(F)cc4nc2C3)c1. The number of piperidine rings is 1. The fraction of sp³-hybridized carbons (Fsp3) is 0.375. The minimum atomic E-state index is -0.226. The highest BCUT2D eigenvalue weighted by atomic mass is 19.1. The van der Waals surface area contributed by atoms with Gasteiger partial charge in [0, 0.05) is 35.5 Å². The molecule has 0 spiro atoms. The number of ether oxygens (including phenoxy) is 1. The van der Waals surface area contributed by atoms with Crippen LogP contribution in [0.1, 0.15) is 23.2 Å². The summed E-state index contributed by atoms with van der Waals surface area (Å²) in [5, 5.41) is 1.03. The molecule has 3 nitrogen and oxygen atoms in total. The second-order valence-electron chi connectivity index (χ2n) is 8.41. The van der Waals surface area contributed by atoms with E-state index in [1.54, 1.807) is 13.2 Å². The number of nitrogens with zero attached hydrogens (tertiary/aromatic N) is 2. The summed E-state index contributed by atoms with van der Waals surface area (Å²) in [5.41, 5.74) is 4.60. The van der Waals surface area contributed by atoms with Gasteiger partial charge in [-0.15, -0.1) is 0 Å². The fourth-order valence-corrected chi connectivity index (χ4v) is 5.26. The van der Waals surface area contributed by atoms with Crippen molar-refractivity contribution < 1.29 is 9.13 Å². The van der Waals surface area contributed by atoms with Gasteiger partial charge in [0.2, 0.25) is 0 Å². The minimum absolute atomic E-state index is 0.0576. The van der Waals surface area contributed by atoms with E-state index in [9.17, 15) is 4.39 Å². The third-order valence-electron chi connectivity index (χ3n) is 6.80. The Hall–Kier alpha value is -2.46. The van der Waals surface area contributed by atoms with Gasteiger partial charge < -0.3 is 9.64 Å². The molecule has 4 heteroatoms. The van der Waals surface area contributed by atoms with Crippen LogP contribution in [0.15, 0.2) is 48.5 Å². The zero-order valence-corrected chi connectivity index (χ0v) is 16.4. The molecule has 0 amide bonds. The van der Waals surface area contributed by atoms with E-state index in [0.29, 0.717) is 5.92 Å². The average molecular weight is 376 g/mol. The molecule has 28 heavy (non-hydrogen) atoms. The largest absolute Gasteiger partial charge is 0.497 e. The Morgan fingerprint density at radius 2 is 2.07 bits per heavy atom. The molecule has 3 aromatic rings. The number of benzene rings is 2. The number of methoxy groups -OCH3 is 1. The Morgan fingerprint density at radius 3 is 2.93 bits per heavy atom. The maximum absolute atomic E-state index is 13.7. The van der Waals surface area contributed by atoms with Crippen molar-refractivity contribution in [2.75, 3.05) is 27.2 Å². The second-order valence-corrected chi connectivity index (χ2v) is 8.41. The van der Waals surface area contributed by atoms with E-state index in [4.69, 9.17) is 9.72 Å². The van der Waals surface area contributed by atoms with E-state index >= 15 is 0 Å². The van der Waals surface area contributed by atoms with Crippen LogP contribution in [0.4, 0.5) is 4.39 Å². The molecule has 1 aliphatic heterocycles. The molecule has 5 rings (SSSR count). The summed E-state index contributed by atoms with van der Waals surface area (Å²) < 4.78 is 19.3. The maximum Gasteiger partial charge on any atom is 0.125 e. The number of fused-ring (bicyclic) bond motifs is 3. The molecule has 0 radical (unpaired) electrons. The monoisotopic (exact) mass is 376 g/mol. The molecule has 0 bridgehead atoms. The Labute approximate surface area is 165 Å². The summed E-state index contributed by atoms with van der Waals surface area (Å²) in [6.07, 6.45) is 3.02. The van der Waals surface area contributed by atoms with Crippen LogP contribution >= 0.6 is 0 Å². The number of pyridine rings is 1. The lowest BCUT2D eigenvalue weighted by Gasteiger charge is -2.50. The van der Waals surface area contributed by atoms with E-state index < -0.39 is 0 Å². The molecule has 0 saturated carbocycles. The van der Waals surface area contributed by atoms with Crippen molar-refractivity contribution in [3.63, 3.8) is 0 Å². The lowest BCUT2D eigenvalue weighted by molar-refractivity contribution is 0.0987. The van der Waals surface area contributed by atoms with E-state index in [-0.39, 0.29) is 11.2 Å². The third kappa shape index (κ3) is 2.78. The minimum Gasteiger partial charge on any atom is -0.497 e. The van der Waals surface area contributed by atoms with E-state index in [1.807, 2.05) is 12.1 Å². The maximum atomic E-state index is 13.7. The van der Waals surface area contributed by atoms with Crippen molar-refractivity contribution in [1.29, 1.82) is 0 Å². The van der Waals surface area contributed by atoms with Crippen LogP contribution in [0.3, 0.4) is 0 Å². The molecule has 0 N–H and O–H groups in total. The second kappa shape index (κ2) is 6.56. The predicted octanol–water partition coefficient (Wildman–Crippen LogP) is 4.37. The van der Waals surface area contributed by atoms with Gasteiger partial charge in [-0.25, -0.2) is 4.39 Å². The van der Waals surface area contributed by atoms with Gasteiger partial charge in [0.25, 0.3) is 0 Å². The first-order chi connectivity index (χ1) is 13.6. The van der Waals surface area contributed by atoms with Crippen molar-refractivity contribution in [3.8, 4) is 5.75 Å². The topological polar surface area (TPSA) is 25.4 Å². The van der Waals surface area contributed by atoms with Crippen molar-refractivity contribution in [2.45, 2.75) is 24.7 Å². The molecule has 0 unspecified atom stereocenters. The molecule has 2 aliphatic rings. The lowest BCUT2D eigenvalue weighted by atomic mass is 9.58. The van der Waals surface area contributed by atoms with Gasteiger partial charge in [0.15, 0.2) is 0 Å². The number of hydrogen-bond donors (Lipinski definition) is 0. The van der Waals surface area contributed by atoms with Gasteiger partial charge in [0.05, 0.1) is 12.6 Å². The van der Waals surface area contributed by atoms with Crippen LogP contribution in [0, 0.1) is 11.7 Å².